The Bertz CT molecular complexity index is 848. The summed E-state index contributed by atoms with van der Waals surface area (Å²) in [5.41, 5.74) is 1.92. The Kier molecular flexibility index (Phi) is 7.78. The Morgan fingerprint density at radius 3 is 2.41 bits per heavy atom. The van der Waals surface area contributed by atoms with Gasteiger partial charge in [0.15, 0.2) is 6.10 Å². The minimum Gasteiger partial charge on any atom is -0.479 e. The van der Waals surface area contributed by atoms with Crippen molar-refractivity contribution in [1.82, 2.24) is 0 Å². The highest BCUT2D eigenvalue weighted by Gasteiger charge is 2.29. The first-order chi connectivity index (χ1) is 13.7. The molecular weight excluding hydrogens is 387 g/mol. The van der Waals surface area contributed by atoms with E-state index in [0.717, 1.165) is 23.3 Å². The van der Waals surface area contributed by atoms with Crippen LogP contribution < -0.4 is 0 Å². The van der Waals surface area contributed by atoms with E-state index in [0.29, 0.717) is 17.9 Å². The molecule has 2 aromatic rings. The average Bonchev–Trinajstić information content (AvgIpc) is 2.67. The second kappa shape index (κ2) is 10.1. The Morgan fingerprint density at radius 1 is 1.14 bits per heavy atom. The first-order valence-corrected chi connectivity index (χ1v) is 8.97. The number of rotatable bonds is 9. The molecule has 156 valence electrons. The smallest absolute Gasteiger partial charge is 0.416 e. The van der Waals surface area contributed by atoms with E-state index in [1.807, 2.05) is 0 Å². The number of carboxylic acids is 1. The summed E-state index contributed by atoms with van der Waals surface area (Å²) in [5.74, 6) is -1.03. The summed E-state index contributed by atoms with van der Waals surface area (Å²) >= 11 is 0. The number of hydrogen-bond donors (Lipinski definition) is 1. The number of ether oxygens (including phenoxy) is 1. The molecule has 0 spiro atoms. The molecule has 1 atom stereocenters. The molecule has 8 heteroatoms. The first-order valence-electron chi connectivity index (χ1n) is 8.97. The van der Waals surface area contributed by atoms with Crippen molar-refractivity contribution in [3.8, 4) is 0 Å². The molecule has 2 rings (SSSR count). The van der Waals surface area contributed by atoms with E-state index in [9.17, 15) is 23.1 Å². The number of aliphatic carboxylic acids is 1. The minimum atomic E-state index is -4.37. The Hall–Kier alpha value is -2.87. The molecule has 0 unspecified atom stereocenters. The predicted octanol–water partition coefficient (Wildman–Crippen LogP) is 4.68. The van der Waals surface area contributed by atoms with Gasteiger partial charge in [-0.3, -0.25) is 0 Å². The van der Waals surface area contributed by atoms with Gasteiger partial charge in [-0.05, 0) is 48.7 Å². The number of benzene rings is 2. The third-order valence-electron chi connectivity index (χ3n) is 4.12. The van der Waals surface area contributed by atoms with E-state index in [1.165, 1.54) is 12.1 Å². The van der Waals surface area contributed by atoms with Crippen LogP contribution in [0.5, 0.6) is 0 Å². The molecule has 29 heavy (non-hydrogen) atoms. The fourth-order valence-corrected chi connectivity index (χ4v) is 2.60. The predicted molar refractivity (Wildman–Crippen MR) is 102 cm³/mol. The number of carboxylic acid groups (broad SMARTS) is 1. The van der Waals surface area contributed by atoms with Crippen LogP contribution in [0, 0.1) is 0 Å². The fraction of sp³-hybridized carbons (Fsp3) is 0.333. The van der Waals surface area contributed by atoms with Crippen LogP contribution in [0.1, 0.15) is 36.1 Å². The minimum absolute atomic E-state index is 0.0284. The number of alkyl halides is 3. The second-order valence-corrected chi connectivity index (χ2v) is 6.33. The second-order valence-electron chi connectivity index (χ2n) is 6.33. The van der Waals surface area contributed by atoms with Gasteiger partial charge < -0.3 is 14.7 Å². The summed E-state index contributed by atoms with van der Waals surface area (Å²) in [6, 6.07) is 11.9. The van der Waals surface area contributed by atoms with E-state index >= 15 is 0 Å². The van der Waals surface area contributed by atoms with Gasteiger partial charge in [-0.15, -0.1) is 0 Å². The van der Waals surface area contributed by atoms with Crippen molar-refractivity contribution in [2.45, 2.75) is 39.2 Å². The molecule has 2 aromatic carbocycles. The first kappa shape index (κ1) is 22.4. The van der Waals surface area contributed by atoms with Crippen LogP contribution >= 0.6 is 0 Å². The lowest BCUT2D eigenvalue weighted by molar-refractivity contribution is -0.150. The van der Waals surface area contributed by atoms with Crippen molar-refractivity contribution in [3.63, 3.8) is 0 Å². The van der Waals surface area contributed by atoms with Crippen LogP contribution in [0.25, 0.3) is 0 Å². The highest BCUT2D eigenvalue weighted by atomic mass is 19.4. The van der Waals surface area contributed by atoms with Crippen molar-refractivity contribution < 1.29 is 32.6 Å². The van der Waals surface area contributed by atoms with Gasteiger partial charge >= 0.3 is 12.1 Å². The molecule has 0 aromatic heterocycles. The molecular formula is C21H22F3NO4. The van der Waals surface area contributed by atoms with Crippen molar-refractivity contribution in [2.75, 3.05) is 6.61 Å². The summed E-state index contributed by atoms with van der Waals surface area (Å²) < 4.78 is 42.9. The number of halogens is 3. The summed E-state index contributed by atoms with van der Waals surface area (Å²) in [6.45, 7) is 3.79. The lowest BCUT2D eigenvalue weighted by atomic mass is 10.0. The molecule has 0 bridgehead atoms. The van der Waals surface area contributed by atoms with Gasteiger partial charge in [-0.2, -0.15) is 13.2 Å². The van der Waals surface area contributed by atoms with Gasteiger partial charge in [-0.1, -0.05) is 35.5 Å². The number of carbonyl (C=O) groups is 1. The normalized spacial score (nSPS) is 13.2. The maximum absolute atomic E-state index is 12.6. The van der Waals surface area contributed by atoms with E-state index in [1.54, 1.807) is 38.1 Å². The van der Waals surface area contributed by atoms with Gasteiger partial charge in [0.05, 0.1) is 11.3 Å². The largest absolute Gasteiger partial charge is 0.479 e. The van der Waals surface area contributed by atoms with Gasteiger partial charge in [0.1, 0.15) is 6.61 Å². The van der Waals surface area contributed by atoms with E-state index in [-0.39, 0.29) is 13.0 Å². The molecule has 0 heterocycles. The van der Waals surface area contributed by atoms with Crippen LogP contribution in [0.4, 0.5) is 13.2 Å². The third-order valence-corrected chi connectivity index (χ3v) is 4.12. The highest BCUT2D eigenvalue weighted by Crippen LogP contribution is 2.29. The Labute approximate surface area is 166 Å². The Balaban J connectivity index is 2.00. The zero-order valence-electron chi connectivity index (χ0n) is 16.1. The molecule has 0 aliphatic heterocycles. The molecule has 5 nitrogen and oxygen atoms in total. The SMILES string of the molecule is CCO[C@@H](Cc1cccc(/C(C)=N/OCc2ccc(C(F)(F)F)cc2)c1)C(=O)O. The van der Waals surface area contributed by atoms with E-state index < -0.39 is 23.8 Å². The summed E-state index contributed by atoms with van der Waals surface area (Å²) in [7, 11) is 0. The molecule has 0 saturated carbocycles. The molecule has 0 saturated heterocycles. The van der Waals surface area contributed by atoms with Crippen LogP contribution in [-0.4, -0.2) is 29.5 Å². The van der Waals surface area contributed by atoms with Crippen LogP contribution in [0.2, 0.25) is 0 Å². The molecule has 0 aliphatic rings. The van der Waals surface area contributed by atoms with Gasteiger partial charge in [0.2, 0.25) is 0 Å². The molecule has 0 radical (unpaired) electrons. The highest BCUT2D eigenvalue weighted by molar-refractivity contribution is 5.98. The van der Waals surface area contributed by atoms with Gasteiger partial charge in [0, 0.05) is 13.0 Å². The topological polar surface area (TPSA) is 68.1 Å². The standard InChI is InChI=1S/C21H22F3NO4/c1-3-28-19(20(26)27)12-16-5-4-6-17(11-16)14(2)25-29-13-15-7-9-18(10-8-15)21(22,23)24/h4-11,19H,3,12-13H2,1-2H3,(H,26,27)/b25-14+/t19-/m0/s1. The van der Waals surface area contributed by atoms with Crippen molar-refractivity contribution in [1.29, 1.82) is 0 Å². The quantitative estimate of drug-likeness (QED) is 0.482. The maximum atomic E-state index is 12.6. The molecule has 0 amide bonds. The fourth-order valence-electron chi connectivity index (χ4n) is 2.60. The average molecular weight is 409 g/mol. The van der Waals surface area contributed by atoms with Gasteiger partial charge in [0.25, 0.3) is 0 Å². The van der Waals surface area contributed by atoms with Crippen molar-refractivity contribution >= 4 is 11.7 Å². The number of nitrogens with zero attached hydrogens (tertiary/aromatic N) is 1. The number of oxime groups is 1. The van der Waals surface area contributed by atoms with Crippen molar-refractivity contribution in [2.24, 2.45) is 5.16 Å². The molecule has 0 aliphatic carbocycles. The zero-order valence-corrected chi connectivity index (χ0v) is 16.1. The van der Waals surface area contributed by atoms with Crippen LogP contribution in [0.3, 0.4) is 0 Å². The van der Waals surface area contributed by atoms with E-state index in [2.05, 4.69) is 5.16 Å². The lowest BCUT2D eigenvalue weighted by Crippen LogP contribution is -2.26. The monoisotopic (exact) mass is 409 g/mol. The summed E-state index contributed by atoms with van der Waals surface area (Å²) in [5, 5.41) is 13.2. The molecule has 0 fully saturated rings. The van der Waals surface area contributed by atoms with Crippen LogP contribution in [0.15, 0.2) is 53.7 Å². The lowest BCUT2D eigenvalue weighted by Gasteiger charge is -2.13. The third kappa shape index (κ3) is 6.90. The van der Waals surface area contributed by atoms with Gasteiger partial charge in [-0.25, -0.2) is 4.79 Å². The maximum Gasteiger partial charge on any atom is 0.416 e. The Morgan fingerprint density at radius 2 is 1.83 bits per heavy atom. The van der Waals surface area contributed by atoms with E-state index in [4.69, 9.17) is 9.57 Å². The molecule has 1 N–H and O–H groups in total. The summed E-state index contributed by atoms with van der Waals surface area (Å²) in [4.78, 5) is 16.5. The van der Waals surface area contributed by atoms with Crippen molar-refractivity contribution in [3.05, 3.63) is 70.8 Å². The number of hydrogen-bond acceptors (Lipinski definition) is 4. The van der Waals surface area contributed by atoms with Crippen LogP contribution in [-0.2, 0) is 33.6 Å². The summed E-state index contributed by atoms with van der Waals surface area (Å²) in [6.07, 6.45) is -5.08. The zero-order chi connectivity index (χ0) is 21.4.